The second-order valence-electron chi connectivity index (χ2n) is 17.4. The average Bonchev–Trinajstić information content (AvgIpc) is 3.79. The van der Waals surface area contributed by atoms with Gasteiger partial charge < -0.3 is 0 Å². The van der Waals surface area contributed by atoms with Crippen molar-refractivity contribution >= 4 is 35.1 Å². The van der Waals surface area contributed by atoms with Crippen molar-refractivity contribution in [3.63, 3.8) is 0 Å². The quantitative estimate of drug-likeness (QED) is 0.0925. The number of alkyl halides is 12. The predicted molar refractivity (Wildman–Crippen MR) is 234 cm³/mol. The maximum absolute atomic E-state index is 14.3. The molecule has 0 N–H and O–H groups in total. The molecule has 2 aliphatic carbocycles. The van der Waals surface area contributed by atoms with Gasteiger partial charge in [-0.05, 0) is 0 Å². The summed E-state index contributed by atoms with van der Waals surface area (Å²) in [5.41, 5.74) is -1.12. The van der Waals surface area contributed by atoms with Crippen LogP contribution in [0, 0.1) is 0 Å². The molecule has 2 aliphatic rings. The van der Waals surface area contributed by atoms with Gasteiger partial charge in [0.2, 0.25) is 0 Å². The zero-order chi connectivity index (χ0) is 47.6. The Kier molecular flexibility index (Phi) is 14.3. The molecule has 0 amide bonds. The summed E-state index contributed by atoms with van der Waals surface area (Å²) in [6.07, 6.45) is -12.4. The Balaban J connectivity index is 1.70. The van der Waals surface area contributed by atoms with Crippen LogP contribution < -0.4 is 0 Å². The van der Waals surface area contributed by atoms with E-state index < -0.39 is 75.7 Å². The standard InChI is InChI=1S/2C23H21F6.C2H7Si.2ClH.Zr/c2*1-3-5-6-14-9-16-8-7-15(4-2)21(20(16)10-14)17-11-18(22(24,25)26)13-19(12-17)23(27,28)29;1-3-2;;;/h2*7-13H,3-6H2,1-2H3;3H,1-2H3;2*1H;/q;;;;;+2/p-2. The van der Waals surface area contributed by atoms with Crippen LogP contribution in [0.5, 0.6) is 0 Å². The third-order valence-electron chi connectivity index (χ3n) is 13.1. The van der Waals surface area contributed by atoms with Gasteiger partial charge in [0.05, 0.1) is 0 Å². The van der Waals surface area contributed by atoms with E-state index in [-0.39, 0.29) is 47.2 Å². The molecule has 2 atom stereocenters. The van der Waals surface area contributed by atoms with Crippen LogP contribution in [0.1, 0.15) is 129 Å². The van der Waals surface area contributed by atoms with Gasteiger partial charge >= 0.3 is 377 Å². The van der Waals surface area contributed by atoms with E-state index >= 15 is 0 Å². The topological polar surface area (TPSA) is 0 Å². The van der Waals surface area contributed by atoms with Crippen LogP contribution in [-0.4, -0.2) is 5.92 Å². The summed E-state index contributed by atoms with van der Waals surface area (Å²) in [6.45, 7) is 11.5. The molecule has 64 heavy (non-hydrogen) atoms. The fourth-order valence-corrected chi connectivity index (χ4v) is 41.4. The SMILES string of the molecule is CCCCC1=Cc2c(ccc(CC)c2-c2cc(C(F)(F)F)cc(C(F)(F)F)c2)[CH]1[Zr]([Cl])([Cl])([CH]1C(CCCC)=Cc2c1ccc(CC)c2-c1cc(C(F)(F)F)cc(C(F)(F)F)c1)[SiH](C)C. The van der Waals surface area contributed by atoms with Gasteiger partial charge in [-0.15, -0.1) is 0 Å². The van der Waals surface area contributed by atoms with E-state index in [4.69, 9.17) is 17.0 Å². The molecule has 0 heterocycles. The van der Waals surface area contributed by atoms with Crippen molar-refractivity contribution in [2.24, 2.45) is 0 Å². The molecule has 2 unspecified atom stereocenters. The first-order valence-electron chi connectivity index (χ1n) is 21.5. The molecular formula is C48H49Cl2F12SiZr. The van der Waals surface area contributed by atoms with E-state index in [9.17, 15) is 52.7 Å². The fraction of sp³-hybridized carbons (Fsp3) is 0.417. The third kappa shape index (κ3) is 9.25. The average molecular weight is 1040 g/mol. The van der Waals surface area contributed by atoms with Crippen molar-refractivity contribution in [2.75, 3.05) is 0 Å². The molecule has 347 valence electrons. The first-order valence-corrected chi connectivity index (χ1v) is 37.8. The van der Waals surface area contributed by atoms with Gasteiger partial charge in [-0.2, -0.15) is 0 Å². The second-order valence-corrected chi connectivity index (χ2v) is 59.9. The molecule has 4 aromatic rings. The number of unbranched alkanes of at least 4 members (excludes halogenated alkanes) is 2. The Bertz CT molecular complexity index is 2260. The number of fused-ring (bicyclic) bond motifs is 2. The molecule has 0 aliphatic heterocycles. The molecule has 0 saturated heterocycles. The normalized spacial score (nSPS) is 17.6. The number of hydrogen-bond acceptors (Lipinski definition) is 0. The summed E-state index contributed by atoms with van der Waals surface area (Å²) >= 11 is -5.82. The van der Waals surface area contributed by atoms with Crippen molar-refractivity contribution in [3.8, 4) is 22.3 Å². The van der Waals surface area contributed by atoms with Gasteiger partial charge in [0.1, 0.15) is 0 Å². The summed E-state index contributed by atoms with van der Waals surface area (Å²) in [4.78, 5) is 0. The van der Waals surface area contributed by atoms with Crippen molar-refractivity contribution in [1.29, 1.82) is 0 Å². The molecule has 16 heteroatoms. The van der Waals surface area contributed by atoms with E-state index in [0.29, 0.717) is 59.1 Å². The zero-order valence-corrected chi connectivity index (χ0v) is 41.2. The number of allylic oxidation sites excluding steroid dienone is 2. The third-order valence-corrected chi connectivity index (χ3v) is 65.0. The fourth-order valence-electron chi connectivity index (χ4n) is 9.91. The molecular weight excluding hydrogens is 995 g/mol. The summed E-state index contributed by atoms with van der Waals surface area (Å²) in [7, 11) is 17.2. The molecule has 0 nitrogen and oxygen atoms in total. The number of aryl methyl sites for hydroxylation is 2. The number of benzene rings is 4. The molecule has 0 spiro atoms. The van der Waals surface area contributed by atoms with Crippen molar-refractivity contribution in [3.05, 3.63) is 127 Å². The Morgan fingerprint density at radius 2 is 0.812 bits per heavy atom. The predicted octanol–water partition coefficient (Wildman–Crippen LogP) is 18.2. The molecule has 0 saturated carbocycles. The molecule has 0 radical (unpaired) electrons. The van der Waals surface area contributed by atoms with Gasteiger partial charge in [0, 0.05) is 0 Å². The summed E-state index contributed by atoms with van der Waals surface area (Å²) in [5, 5.41) is 0. The molecule has 6 rings (SSSR count). The minimum atomic E-state index is -5.82. The zero-order valence-electron chi connectivity index (χ0n) is 36.1. The summed E-state index contributed by atoms with van der Waals surface area (Å²) < 4.78 is 170. The van der Waals surface area contributed by atoms with Crippen LogP contribution in [0.4, 0.5) is 52.7 Å². The maximum atomic E-state index is 14.3. The van der Waals surface area contributed by atoms with Gasteiger partial charge in [-0.3, -0.25) is 0 Å². The van der Waals surface area contributed by atoms with Crippen molar-refractivity contribution < 1.29 is 68.2 Å². The number of halogens is 14. The van der Waals surface area contributed by atoms with E-state index in [2.05, 4.69) is 0 Å². The van der Waals surface area contributed by atoms with Gasteiger partial charge in [0.15, 0.2) is 0 Å². The number of hydrogen-bond donors (Lipinski definition) is 0. The second kappa shape index (κ2) is 18.0. The van der Waals surface area contributed by atoms with E-state index in [1.807, 2.05) is 51.2 Å². The van der Waals surface area contributed by atoms with Crippen LogP contribution in [0.2, 0.25) is 13.1 Å². The van der Waals surface area contributed by atoms with E-state index in [1.54, 1.807) is 26.0 Å². The Labute approximate surface area is 374 Å². The number of rotatable bonds is 13. The van der Waals surface area contributed by atoms with Crippen molar-refractivity contribution in [1.82, 2.24) is 0 Å². The van der Waals surface area contributed by atoms with Crippen LogP contribution in [0.25, 0.3) is 34.4 Å². The van der Waals surface area contributed by atoms with Gasteiger partial charge in [-0.1, -0.05) is 0 Å². The minimum absolute atomic E-state index is 0.102. The molecule has 4 aromatic carbocycles. The summed E-state index contributed by atoms with van der Waals surface area (Å²) in [6, 6.07) is 10.3. The Morgan fingerprint density at radius 3 is 1.06 bits per heavy atom. The van der Waals surface area contributed by atoms with E-state index in [0.717, 1.165) is 48.3 Å². The molecule has 0 aromatic heterocycles. The molecule has 0 fully saturated rings. The van der Waals surface area contributed by atoms with Crippen LogP contribution >= 0.6 is 17.0 Å². The van der Waals surface area contributed by atoms with E-state index in [1.165, 1.54) is 0 Å². The summed E-state index contributed by atoms with van der Waals surface area (Å²) in [5.74, 6) is -2.36. The first kappa shape index (κ1) is 50.6. The van der Waals surface area contributed by atoms with Gasteiger partial charge in [0.25, 0.3) is 0 Å². The Hall–Kier alpha value is -2.80. The molecule has 0 bridgehead atoms. The van der Waals surface area contributed by atoms with Crippen molar-refractivity contribution in [2.45, 2.75) is 124 Å². The van der Waals surface area contributed by atoms with Crippen LogP contribution in [0.15, 0.2) is 71.8 Å². The van der Waals surface area contributed by atoms with Gasteiger partial charge in [-0.25, -0.2) is 0 Å². The van der Waals surface area contributed by atoms with Crippen LogP contribution in [-0.2, 0) is 53.1 Å². The monoisotopic (exact) mass is 1040 g/mol. The first-order chi connectivity index (χ1) is 29.6. The van der Waals surface area contributed by atoms with Crippen LogP contribution in [0.3, 0.4) is 0 Å². The Morgan fingerprint density at radius 1 is 0.500 bits per heavy atom.